The standard InChI is InChI=1S/C13H18BrN3O/c1-5-18-8-13(3,4)17-9(2)16-11-6-10(14)7-15-12(11)17/h6-7H,5,8H2,1-4H3. The van der Waals surface area contributed by atoms with Crippen LogP contribution in [-0.4, -0.2) is 27.7 Å². The van der Waals surface area contributed by atoms with Crippen LogP contribution in [0.25, 0.3) is 11.2 Å². The number of fused-ring (bicyclic) bond motifs is 1. The van der Waals surface area contributed by atoms with Crippen molar-refractivity contribution < 1.29 is 4.74 Å². The van der Waals surface area contributed by atoms with E-state index < -0.39 is 0 Å². The Hall–Kier alpha value is -0.940. The summed E-state index contributed by atoms with van der Waals surface area (Å²) < 4.78 is 8.65. The van der Waals surface area contributed by atoms with Gasteiger partial charge in [-0.25, -0.2) is 9.97 Å². The van der Waals surface area contributed by atoms with Gasteiger partial charge in [0.1, 0.15) is 11.3 Å². The van der Waals surface area contributed by atoms with E-state index in [0.717, 1.165) is 21.5 Å². The van der Waals surface area contributed by atoms with Gasteiger partial charge in [-0.05, 0) is 49.7 Å². The fourth-order valence-corrected chi connectivity index (χ4v) is 2.51. The van der Waals surface area contributed by atoms with Crippen molar-refractivity contribution in [3.63, 3.8) is 0 Å². The predicted molar refractivity (Wildman–Crippen MR) is 75.8 cm³/mol. The van der Waals surface area contributed by atoms with Gasteiger partial charge in [-0.2, -0.15) is 0 Å². The zero-order chi connectivity index (χ0) is 13.3. The predicted octanol–water partition coefficient (Wildman–Crippen LogP) is 3.27. The normalized spacial score (nSPS) is 12.3. The Bertz CT molecular complexity index is 563. The fourth-order valence-electron chi connectivity index (χ4n) is 2.19. The third-order valence-electron chi connectivity index (χ3n) is 2.90. The Morgan fingerprint density at radius 2 is 2.17 bits per heavy atom. The average molecular weight is 312 g/mol. The zero-order valence-electron chi connectivity index (χ0n) is 11.2. The molecule has 0 radical (unpaired) electrons. The molecular formula is C13H18BrN3O. The van der Waals surface area contributed by atoms with Crippen LogP contribution in [0.2, 0.25) is 0 Å². The molecule has 0 spiro atoms. The van der Waals surface area contributed by atoms with Gasteiger partial charge in [0, 0.05) is 17.3 Å². The molecule has 0 amide bonds. The fraction of sp³-hybridized carbons (Fsp3) is 0.538. The summed E-state index contributed by atoms with van der Waals surface area (Å²) in [6.45, 7) is 9.65. The number of halogens is 1. The van der Waals surface area contributed by atoms with Gasteiger partial charge >= 0.3 is 0 Å². The van der Waals surface area contributed by atoms with E-state index in [1.54, 1.807) is 6.20 Å². The summed E-state index contributed by atoms with van der Waals surface area (Å²) in [5.41, 5.74) is 1.65. The van der Waals surface area contributed by atoms with Crippen molar-refractivity contribution in [2.45, 2.75) is 33.2 Å². The van der Waals surface area contributed by atoms with Gasteiger partial charge in [0.15, 0.2) is 5.65 Å². The van der Waals surface area contributed by atoms with Crippen LogP contribution in [-0.2, 0) is 10.3 Å². The molecule has 18 heavy (non-hydrogen) atoms. The number of rotatable bonds is 4. The second-order valence-corrected chi connectivity index (χ2v) is 5.86. The number of hydrogen-bond donors (Lipinski definition) is 0. The second-order valence-electron chi connectivity index (χ2n) is 4.94. The highest BCUT2D eigenvalue weighted by atomic mass is 79.9. The Balaban J connectivity index is 2.52. The van der Waals surface area contributed by atoms with E-state index in [2.05, 4.69) is 44.3 Å². The largest absolute Gasteiger partial charge is 0.379 e. The highest BCUT2D eigenvalue weighted by molar-refractivity contribution is 9.10. The van der Waals surface area contributed by atoms with Crippen LogP contribution in [0, 0.1) is 6.92 Å². The molecule has 0 N–H and O–H groups in total. The van der Waals surface area contributed by atoms with Crippen molar-refractivity contribution in [2.24, 2.45) is 0 Å². The van der Waals surface area contributed by atoms with Gasteiger partial charge in [-0.3, -0.25) is 0 Å². The van der Waals surface area contributed by atoms with Gasteiger partial charge < -0.3 is 9.30 Å². The van der Waals surface area contributed by atoms with Crippen molar-refractivity contribution in [3.05, 3.63) is 22.6 Å². The Morgan fingerprint density at radius 1 is 1.44 bits per heavy atom. The van der Waals surface area contributed by atoms with Crippen molar-refractivity contribution in [2.75, 3.05) is 13.2 Å². The third kappa shape index (κ3) is 2.42. The lowest BCUT2D eigenvalue weighted by molar-refractivity contribution is 0.0764. The first-order valence-electron chi connectivity index (χ1n) is 6.04. The topological polar surface area (TPSA) is 39.9 Å². The first-order valence-corrected chi connectivity index (χ1v) is 6.84. The molecule has 0 saturated carbocycles. The van der Waals surface area contributed by atoms with Crippen molar-refractivity contribution >= 4 is 27.1 Å². The molecule has 0 fully saturated rings. The van der Waals surface area contributed by atoms with Crippen LogP contribution in [0.1, 0.15) is 26.6 Å². The summed E-state index contributed by atoms with van der Waals surface area (Å²) in [5.74, 6) is 0.959. The van der Waals surface area contributed by atoms with Crippen molar-refractivity contribution in [3.8, 4) is 0 Å². The van der Waals surface area contributed by atoms with E-state index in [9.17, 15) is 0 Å². The lowest BCUT2D eigenvalue weighted by Gasteiger charge is -2.27. The smallest absolute Gasteiger partial charge is 0.160 e. The summed E-state index contributed by atoms with van der Waals surface area (Å²) in [4.78, 5) is 9.04. The molecule has 2 aromatic rings. The number of pyridine rings is 1. The van der Waals surface area contributed by atoms with E-state index in [1.165, 1.54) is 0 Å². The maximum absolute atomic E-state index is 5.56. The molecule has 0 aromatic carbocycles. The summed E-state index contributed by atoms with van der Waals surface area (Å²) in [7, 11) is 0. The zero-order valence-corrected chi connectivity index (χ0v) is 12.8. The Labute approximate surface area is 116 Å². The molecule has 0 atom stereocenters. The molecule has 0 aliphatic rings. The van der Waals surface area contributed by atoms with Gasteiger partial charge in [-0.1, -0.05) is 0 Å². The number of hydrogen-bond acceptors (Lipinski definition) is 3. The maximum atomic E-state index is 5.56. The molecule has 98 valence electrons. The number of ether oxygens (including phenoxy) is 1. The quantitative estimate of drug-likeness (QED) is 0.870. The van der Waals surface area contributed by atoms with Crippen LogP contribution >= 0.6 is 15.9 Å². The lowest BCUT2D eigenvalue weighted by Crippen LogP contribution is -2.33. The number of nitrogens with zero attached hydrogens (tertiary/aromatic N) is 3. The van der Waals surface area contributed by atoms with E-state index in [4.69, 9.17) is 4.74 Å². The number of aromatic nitrogens is 3. The van der Waals surface area contributed by atoms with Crippen molar-refractivity contribution in [1.29, 1.82) is 0 Å². The molecule has 2 aromatic heterocycles. The van der Waals surface area contributed by atoms with Gasteiger partial charge in [0.2, 0.25) is 0 Å². The van der Waals surface area contributed by atoms with Crippen LogP contribution in [0.3, 0.4) is 0 Å². The SMILES string of the molecule is CCOCC(C)(C)n1c(C)nc2cc(Br)cnc21. The third-order valence-corrected chi connectivity index (χ3v) is 3.33. The molecule has 2 rings (SSSR count). The molecular weight excluding hydrogens is 294 g/mol. The summed E-state index contributed by atoms with van der Waals surface area (Å²) in [6.07, 6.45) is 1.80. The minimum Gasteiger partial charge on any atom is -0.379 e. The maximum Gasteiger partial charge on any atom is 0.160 e. The van der Waals surface area contributed by atoms with Crippen LogP contribution in [0.5, 0.6) is 0 Å². The van der Waals surface area contributed by atoms with Gasteiger partial charge in [0.25, 0.3) is 0 Å². The molecule has 2 heterocycles. The Morgan fingerprint density at radius 3 is 2.83 bits per heavy atom. The summed E-state index contributed by atoms with van der Waals surface area (Å²) in [5, 5.41) is 0. The Kier molecular flexibility index (Phi) is 3.73. The monoisotopic (exact) mass is 311 g/mol. The highest BCUT2D eigenvalue weighted by Crippen LogP contribution is 2.25. The molecule has 0 aliphatic carbocycles. The van der Waals surface area contributed by atoms with Gasteiger partial charge in [-0.15, -0.1) is 0 Å². The van der Waals surface area contributed by atoms with Crippen molar-refractivity contribution in [1.82, 2.24) is 14.5 Å². The molecule has 4 nitrogen and oxygen atoms in total. The van der Waals surface area contributed by atoms with Crippen LogP contribution in [0.4, 0.5) is 0 Å². The first-order chi connectivity index (χ1) is 8.45. The van der Waals surface area contributed by atoms with E-state index >= 15 is 0 Å². The first kappa shape index (κ1) is 13.5. The van der Waals surface area contributed by atoms with Crippen LogP contribution < -0.4 is 0 Å². The van der Waals surface area contributed by atoms with E-state index in [-0.39, 0.29) is 5.54 Å². The van der Waals surface area contributed by atoms with E-state index in [1.807, 2.05) is 19.9 Å². The van der Waals surface area contributed by atoms with Gasteiger partial charge in [0.05, 0.1) is 12.1 Å². The van der Waals surface area contributed by atoms with E-state index in [0.29, 0.717) is 13.2 Å². The molecule has 0 aliphatic heterocycles. The molecule has 5 heteroatoms. The highest BCUT2D eigenvalue weighted by Gasteiger charge is 2.25. The van der Waals surface area contributed by atoms with Crippen LogP contribution in [0.15, 0.2) is 16.7 Å². The minimum atomic E-state index is -0.157. The lowest BCUT2D eigenvalue weighted by atomic mass is 10.1. The summed E-state index contributed by atoms with van der Waals surface area (Å²) >= 11 is 3.42. The summed E-state index contributed by atoms with van der Waals surface area (Å²) in [6, 6.07) is 1.99. The number of aryl methyl sites for hydroxylation is 1. The second kappa shape index (κ2) is 4.97. The molecule has 0 saturated heterocycles. The minimum absolute atomic E-state index is 0.157. The average Bonchev–Trinajstić information content (AvgIpc) is 2.62. The number of imidazole rings is 1. The molecule has 0 bridgehead atoms. The molecule has 0 unspecified atom stereocenters.